The number of unbranched alkanes of at least 4 members (excludes halogenated alkanes) is 2. The van der Waals surface area contributed by atoms with Gasteiger partial charge in [0.25, 0.3) is 0 Å². The van der Waals surface area contributed by atoms with E-state index < -0.39 is 41.1 Å². The van der Waals surface area contributed by atoms with Crippen molar-refractivity contribution in [1.29, 1.82) is 0 Å². The predicted octanol–water partition coefficient (Wildman–Crippen LogP) is 2.84. The van der Waals surface area contributed by atoms with Gasteiger partial charge in [-0.25, -0.2) is 0 Å². The van der Waals surface area contributed by atoms with Crippen LogP contribution in [0.2, 0.25) is 0 Å². The highest BCUT2D eigenvalue weighted by Crippen LogP contribution is 2.58. The first-order valence-corrected chi connectivity index (χ1v) is 12.5. The summed E-state index contributed by atoms with van der Waals surface area (Å²) >= 11 is 0. The Labute approximate surface area is 203 Å². The van der Waals surface area contributed by atoms with Crippen LogP contribution in [0.3, 0.4) is 0 Å². The van der Waals surface area contributed by atoms with Crippen LogP contribution in [0.25, 0.3) is 0 Å². The maximum Gasteiger partial charge on any atom is 0.310 e. The molecule has 3 rings (SSSR count). The van der Waals surface area contributed by atoms with Gasteiger partial charge in [-0.3, -0.25) is 14.4 Å². The molecule has 3 aliphatic rings. The van der Waals surface area contributed by atoms with Gasteiger partial charge in [0.15, 0.2) is 0 Å². The Morgan fingerprint density at radius 2 is 1.91 bits per heavy atom. The van der Waals surface area contributed by atoms with Crippen LogP contribution >= 0.6 is 0 Å². The Hall–Kier alpha value is -1.93. The van der Waals surface area contributed by atoms with E-state index in [9.17, 15) is 19.5 Å². The van der Waals surface area contributed by atoms with Crippen LogP contribution in [0, 0.1) is 17.3 Å². The zero-order valence-electron chi connectivity index (χ0n) is 21.4. The summed E-state index contributed by atoms with van der Waals surface area (Å²) in [6.45, 7) is 15.1. The molecule has 192 valence electrons. The molecule has 3 aliphatic heterocycles. The van der Waals surface area contributed by atoms with Crippen LogP contribution in [0.1, 0.15) is 73.1 Å². The lowest BCUT2D eigenvalue weighted by atomic mass is 9.70. The van der Waals surface area contributed by atoms with Gasteiger partial charge in [-0.1, -0.05) is 26.8 Å². The molecule has 1 spiro atoms. The zero-order valence-corrected chi connectivity index (χ0v) is 21.4. The number of aliphatic carboxylic acids is 1. The van der Waals surface area contributed by atoms with Crippen molar-refractivity contribution in [1.82, 2.24) is 9.80 Å². The van der Waals surface area contributed by atoms with Crippen LogP contribution in [-0.2, 0) is 19.1 Å². The predicted molar refractivity (Wildman–Crippen MR) is 128 cm³/mol. The summed E-state index contributed by atoms with van der Waals surface area (Å²) in [5, 5.41) is 19.1. The van der Waals surface area contributed by atoms with Gasteiger partial charge in [0.1, 0.15) is 11.6 Å². The summed E-state index contributed by atoms with van der Waals surface area (Å²) in [6.07, 6.45) is 4.92. The Balaban J connectivity index is 2.01. The largest absolute Gasteiger partial charge is 0.481 e. The van der Waals surface area contributed by atoms with Gasteiger partial charge in [0.2, 0.25) is 11.8 Å². The van der Waals surface area contributed by atoms with Crippen LogP contribution in [0.15, 0.2) is 12.7 Å². The number of likely N-dealkylation sites (tertiary alicyclic amines) is 1. The number of carbonyl (C=O) groups is 3. The average molecular weight is 479 g/mol. The zero-order chi connectivity index (χ0) is 25.5. The Morgan fingerprint density at radius 3 is 2.47 bits per heavy atom. The van der Waals surface area contributed by atoms with Crippen molar-refractivity contribution in [2.24, 2.45) is 17.3 Å². The topological polar surface area (TPSA) is 107 Å². The van der Waals surface area contributed by atoms with Crippen molar-refractivity contribution in [3.63, 3.8) is 0 Å². The fraction of sp³-hybridized carbons (Fsp3) is 0.808. The lowest BCUT2D eigenvalue weighted by Crippen LogP contribution is -2.61. The van der Waals surface area contributed by atoms with Gasteiger partial charge < -0.3 is 24.7 Å². The molecule has 0 saturated carbocycles. The molecule has 0 aliphatic carbocycles. The number of hydrogen-bond donors (Lipinski definition) is 2. The number of ether oxygens (including phenoxy) is 1. The molecule has 3 heterocycles. The molecule has 3 fully saturated rings. The molecular formula is C26H42N2O6. The van der Waals surface area contributed by atoms with Crippen molar-refractivity contribution in [2.75, 3.05) is 19.7 Å². The Bertz CT molecular complexity index is 819. The number of carboxylic acids is 1. The molecule has 2 N–H and O–H groups in total. The van der Waals surface area contributed by atoms with E-state index in [1.807, 2.05) is 13.8 Å². The molecule has 0 aromatic carbocycles. The van der Waals surface area contributed by atoms with Crippen LogP contribution < -0.4 is 0 Å². The molecular weight excluding hydrogens is 436 g/mol. The van der Waals surface area contributed by atoms with E-state index in [1.54, 1.807) is 15.9 Å². The summed E-state index contributed by atoms with van der Waals surface area (Å²) in [4.78, 5) is 43.5. The highest BCUT2D eigenvalue weighted by atomic mass is 16.5. The first-order chi connectivity index (χ1) is 15.8. The average Bonchev–Trinajstić information content (AvgIpc) is 3.34. The van der Waals surface area contributed by atoms with E-state index in [1.165, 1.54) is 0 Å². The number of carboxylic acid groups (broad SMARTS) is 1. The number of amides is 2. The van der Waals surface area contributed by atoms with Crippen molar-refractivity contribution < 1.29 is 29.3 Å². The van der Waals surface area contributed by atoms with Crippen molar-refractivity contribution >= 4 is 17.8 Å². The van der Waals surface area contributed by atoms with E-state index >= 15 is 0 Å². The monoisotopic (exact) mass is 478 g/mol. The minimum absolute atomic E-state index is 0.0315. The van der Waals surface area contributed by atoms with E-state index in [2.05, 4.69) is 27.4 Å². The molecule has 34 heavy (non-hydrogen) atoms. The number of fused-ring (bicyclic) bond motifs is 1. The highest BCUT2D eigenvalue weighted by Gasteiger charge is 2.75. The Morgan fingerprint density at radius 1 is 1.24 bits per heavy atom. The lowest BCUT2D eigenvalue weighted by Gasteiger charge is -2.45. The molecule has 0 aromatic rings. The van der Waals surface area contributed by atoms with E-state index in [0.717, 1.165) is 12.8 Å². The third-order valence-electron chi connectivity index (χ3n) is 7.65. The van der Waals surface area contributed by atoms with Gasteiger partial charge >= 0.3 is 5.97 Å². The Kier molecular flexibility index (Phi) is 7.54. The van der Waals surface area contributed by atoms with Gasteiger partial charge in [0.05, 0.1) is 17.9 Å². The summed E-state index contributed by atoms with van der Waals surface area (Å²) in [5.74, 6) is -3.28. The first kappa shape index (κ1) is 26.7. The third-order valence-corrected chi connectivity index (χ3v) is 7.65. The molecule has 0 unspecified atom stereocenters. The number of nitrogens with zero attached hydrogens (tertiary/aromatic N) is 2. The lowest BCUT2D eigenvalue weighted by molar-refractivity contribution is -0.153. The normalized spacial score (nSPS) is 30.5. The minimum Gasteiger partial charge on any atom is -0.481 e. The van der Waals surface area contributed by atoms with Gasteiger partial charge in [-0.05, 0) is 57.8 Å². The first-order valence-electron chi connectivity index (χ1n) is 12.5. The second kappa shape index (κ2) is 9.61. The molecule has 0 aromatic heterocycles. The van der Waals surface area contributed by atoms with E-state index in [0.29, 0.717) is 38.8 Å². The van der Waals surface area contributed by atoms with Crippen LogP contribution in [-0.4, -0.2) is 80.8 Å². The molecule has 8 nitrogen and oxygen atoms in total. The number of aliphatic hydroxyl groups is 1. The van der Waals surface area contributed by atoms with Gasteiger partial charge in [-0.15, -0.1) is 6.58 Å². The standard InChI is InChI=1S/C26H42N2O6/c1-7-13-28(25(5,6)16-24(2,3)4)22(31)20-26-12-11-17(34-26)18(23(32)33)19(26)21(30)27(20)14-9-8-10-15-29/h7,17-20,29H,1,8-16H2,2-6H3,(H,32,33)/t17-,18+,19+,20-,26+/m0/s1. The summed E-state index contributed by atoms with van der Waals surface area (Å²) in [5.41, 5.74) is -1.64. The van der Waals surface area contributed by atoms with Crippen LogP contribution in [0.5, 0.6) is 0 Å². The van der Waals surface area contributed by atoms with Crippen molar-refractivity contribution in [3.05, 3.63) is 12.7 Å². The second-order valence-electron chi connectivity index (χ2n) is 12.0. The van der Waals surface area contributed by atoms with Crippen LogP contribution in [0.4, 0.5) is 0 Å². The van der Waals surface area contributed by atoms with Crippen molar-refractivity contribution in [3.8, 4) is 0 Å². The number of carbonyl (C=O) groups excluding carboxylic acids is 2. The molecule has 5 atom stereocenters. The number of hydrogen-bond acceptors (Lipinski definition) is 5. The van der Waals surface area contributed by atoms with Crippen molar-refractivity contribution in [2.45, 2.75) is 96.4 Å². The molecule has 8 heteroatoms. The van der Waals surface area contributed by atoms with E-state index in [4.69, 9.17) is 9.84 Å². The number of rotatable bonds is 11. The fourth-order valence-corrected chi connectivity index (χ4v) is 6.83. The summed E-state index contributed by atoms with van der Waals surface area (Å²) in [7, 11) is 0. The van der Waals surface area contributed by atoms with Gasteiger partial charge in [-0.2, -0.15) is 0 Å². The summed E-state index contributed by atoms with van der Waals surface area (Å²) in [6, 6.07) is -0.854. The third kappa shape index (κ3) is 4.63. The number of aliphatic hydroxyl groups excluding tert-OH is 1. The molecule has 3 saturated heterocycles. The van der Waals surface area contributed by atoms with E-state index in [-0.39, 0.29) is 23.8 Å². The highest BCUT2D eigenvalue weighted by molar-refractivity contribution is 5.98. The fourth-order valence-electron chi connectivity index (χ4n) is 6.83. The van der Waals surface area contributed by atoms with Gasteiger partial charge in [0, 0.05) is 25.2 Å². The maximum absolute atomic E-state index is 14.3. The second-order valence-corrected chi connectivity index (χ2v) is 12.0. The maximum atomic E-state index is 14.3. The smallest absolute Gasteiger partial charge is 0.310 e. The SMILES string of the molecule is C=CCN(C(=O)[C@@H]1N(CCCCCO)C(=O)[C@H]2[C@H](C(=O)O)[C@@H]3CC[C@]12O3)C(C)(C)CC(C)(C)C. The minimum atomic E-state index is -1.10. The molecule has 2 amide bonds. The summed E-state index contributed by atoms with van der Waals surface area (Å²) < 4.78 is 6.30. The molecule has 2 bridgehead atoms. The molecule has 0 radical (unpaired) electrons. The quantitative estimate of drug-likeness (QED) is 0.349.